The number of hydrogen-bond donors (Lipinski definition) is 3. The van der Waals surface area contributed by atoms with Crippen molar-refractivity contribution in [3.8, 4) is 0 Å². The minimum Gasteiger partial charge on any atom is -0.547 e. The van der Waals surface area contributed by atoms with Crippen molar-refractivity contribution < 1.29 is 52.4 Å². The van der Waals surface area contributed by atoms with E-state index in [-0.39, 0.29) is 28.5 Å². The van der Waals surface area contributed by atoms with Crippen molar-refractivity contribution in [2.75, 3.05) is 0 Å². The van der Waals surface area contributed by atoms with Gasteiger partial charge in [-0.1, -0.05) is 0 Å². The van der Waals surface area contributed by atoms with Crippen molar-refractivity contribution in [1.29, 1.82) is 0 Å². The maximum absolute atomic E-state index is 9.34. The summed E-state index contributed by atoms with van der Waals surface area (Å²) in [5, 5.41) is 34.6. The molecule has 0 aliphatic rings. The smallest absolute Gasteiger partial charge is 0.547 e. The van der Waals surface area contributed by atoms with E-state index in [1.165, 1.54) is 0 Å². The van der Waals surface area contributed by atoms with E-state index in [4.69, 9.17) is 10.2 Å². The monoisotopic (exact) mass is 303 g/mol. The topological polar surface area (TPSA) is 157 Å². The van der Waals surface area contributed by atoms with Crippen molar-refractivity contribution in [3.63, 3.8) is 0 Å². The second-order valence-electron chi connectivity index (χ2n) is 1.99. The molecule has 0 heterocycles. The number of aliphatic carboxylic acids is 2. The Labute approximate surface area is 96.8 Å². The van der Waals surface area contributed by atoms with Gasteiger partial charge in [0.2, 0.25) is 0 Å². The van der Waals surface area contributed by atoms with E-state index in [0.29, 0.717) is 0 Å². The third kappa shape index (κ3) is 22.6. The normalized spacial score (nSPS) is 11.7. The molecule has 90 valence electrons. The third-order valence-corrected chi connectivity index (χ3v) is 0.682. The summed E-state index contributed by atoms with van der Waals surface area (Å²) >= 11 is 0. The Kier molecular flexibility index (Phi) is 21.0. The van der Waals surface area contributed by atoms with Crippen LogP contribution in [0.5, 0.6) is 0 Å². The van der Waals surface area contributed by atoms with E-state index in [0.717, 1.165) is 13.8 Å². The van der Waals surface area contributed by atoms with Gasteiger partial charge in [0.1, 0.15) is 0 Å². The molecule has 2 atom stereocenters. The first-order chi connectivity index (χ1) is 5.29. The Bertz CT molecular complexity index is 142. The average molecular weight is 304 g/mol. The van der Waals surface area contributed by atoms with Gasteiger partial charge in [0.15, 0.2) is 0 Å². The predicted molar refractivity (Wildman–Crippen MR) is 39.4 cm³/mol. The van der Waals surface area contributed by atoms with Crippen LogP contribution >= 0.6 is 0 Å². The van der Waals surface area contributed by atoms with Crippen LogP contribution in [0.15, 0.2) is 0 Å². The molecule has 0 saturated carbocycles. The number of hydrogen-bond acceptors (Lipinski definition) is 6. The Morgan fingerprint density at radius 1 is 1.00 bits per heavy atom. The summed E-state index contributed by atoms with van der Waals surface area (Å²) in [6, 6.07) is 0. The fourth-order valence-electron chi connectivity index (χ4n) is 0. The van der Waals surface area contributed by atoms with Gasteiger partial charge < -0.3 is 36.2 Å². The van der Waals surface area contributed by atoms with Crippen LogP contribution in [-0.2, 0) is 32.0 Å². The largest absolute Gasteiger partial charge is 1.00 e. The standard InChI is InChI=1S/2C3H6O3.Ag.H3N/c2*1-2(4)3(5)6;;/h2*2,4H,1H3,(H,5,6);;1H3/q;;+1;/p-1. The van der Waals surface area contributed by atoms with Gasteiger partial charge in [0.25, 0.3) is 0 Å². The molecule has 0 aromatic heterocycles. The molecule has 0 aromatic rings. The van der Waals surface area contributed by atoms with Gasteiger partial charge in [-0.15, -0.1) is 0 Å². The molecule has 0 saturated heterocycles. The Hall–Kier alpha value is -0.440. The van der Waals surface area contributed by atoms with Gasteiger partial charge in [0, 0.05) is 0 Å². The number of carboxylic acids is 2. The van der Waals surface area contributed by atoms with Crippen LogP contribution < -0.4 is 16.4 Å². The van der Waals surface area contributed by atoms with E-state index in [2.05, 4.69) is 0 Å². The van der Waals surface area contributed by atoms with Gasteiger partial charge in [-0.2, -0.15) is 0 Å². The van der Waals surface area contributed by atoms with E-state index in [1.54, 1.807) is 0 Å². The van der Waals surface area contributed by atoms with Gasteiger partial charge in [-0.05, 0) is 13.8 Å². The van der Waals surface area contributed by atoms with E-state index in [9.17, 15) is 19.8 Å². The summed E-state index contributed by atoms with van der Waals surface area (Å²) in [7, 11) is 0. The number of aliphatic hydroxyl groups excluding tert-OH is 2. The minimum absolute atomic E-state index is 0. The first-order valence-corrected chi connectivity index (χ1v) is 3.06. The summed E-state index contributed by atoms with van der Waals surface area (Å²) in [5.41, 5.74) is 0. The molecule has 0 spiro atoms. The van der Waals surface area contributed by atoms with Crippen LogP contribution in [0.4, 0.5) is 0 Å². The van der Waals surface area contributed by atoms with Gasteiger partial charge in [-0.25, -0.2) is 0 Å². The van der Waals surface area contributed by atoms with Gasteiger partial charge in [0.05, 0.1) is 24.1 Å². The van der Waals surface area contributed by atoms with Crippen molar-refractivity contribution >= 4 is 11.9 Å². The second kappa shape index (κ2) is 12.6. The molecule has 6 N–H and O–H groups in total. The van der Waals surface area contributed by atoms with Crippen LogP contribution in [0.1, 0.15) is 13.8 Å². The molecule has 0 aromatic carbocycles. The molecule has 0 fully saturated rings. The summed E-state index contributed by atoms with van der Waals surface area (Å²) in [6.45, 7) is 2.27. The van der Waals surface area contributed by atoms with Crippen molar-refractivity contribution in [3.05, 3.63) is 0 Å². The van der Waals surface area contributed by atoms with Crippen molar-refractivity contribution in [1.82, 2.24) is 6.15 Å². The van der Waals surface area contributed by atoms with Crippen LogP contribution in [0.2, 0.25) is 0 Å². The summed E-state index contributed by atoms with van der Waals surface area (Å²) in [5.74, 6) is -2.87. The molecule has 0 bridgehead atoms. The Balaban J connectivity index is -0.0000000625. The fraction of sp³-hybridized carbons (Fsp3) is 0.667. The molecule has 0 amide bonds. The molecule has 0 radical (unpaired) electrons. The molecule has 2 unspecified atom stereocenters. The first-order valence-electron chi connectivity index (χ1n) is 3.06. The molecule has 7 nitrogen and oxygen atoms in total. The predicted octanol–water partition coefficient (Wildman–Crippen LogP) is -3.39. The zero-order valence-corrected chi connectivity index (χ0v) is 9.47. The molecular weight excluding hydrogens is 290 g/mol. The average Bonchev–Trinajstić information content (AvgIpc) is 1.88. The summed E-state index contributed by atoms with van der Waals surface area (Å²) in [6.07, 6.45) is -2.69. The first kappa shape index (κ1) is 23.4. The number of carbonyl (C=O) groups is 2. The maximum Gasteiger partial charge on any atom is 1.00 e. The molecule has 14 heavy (non-hydrogen) atoms. The van der Waals surface area contributed by atoms with Gasteiger partial charge in [-0.3, -0.25) is 0 Å². The zero-order chi connectivity index (χ0) is 10.3. The minimum atomic E-state index is -1.44. The quantitative estimate of drug-likeness (QED) is 0.451. The SMILES string of the molecule is CC(O)C(=O)[O-].CC(O)C(=O)[O-].[Ag+].[NH4+]. The van der Waals surface area contributed by atoms with Crippen molar-refractivity contribution in [2.24, 2.45) is 0 Å². The number of quaternary nitrogens is 1. The number of carbonyl (C=O) groups excluding carboxylic acids is 2. The Morgan fingerprint density at radius 2 is 1.07 bits per heavy atom. The summed E-state index contributed by atoms with van der Waals surface area (Å²) < 4.78 is 0. The molecular formula is C6H14AgNO6. The van der Waals surface area contributed by atoms with Crippen LogP contribution in [0.3, 0.4) is 0 Å². The van der Waals surface area contributed by atoms with Gasteiger partial charge >= 0.3 is 22.4 Å². The third-order valence-electron chi connectivity index (χ3n) is 0.682. The van der Waals surface area contributed by atoms with Crippen molar-refractivity contribution in [2.45, 2.75) is 26.1 Å². The number of carboxylic acid groups (broad SMARTS) is 2. The van der Waals surface area contributed by atoms with E-state index in [1.807, 2.05) is 0 Å². The van der Waals surface area contributed by atoms with Crippen LogP contribution in [-0.4, -0.2) is 34.4 Å². The number of aliphatic hydroxyl groups is 2. The molecule has 0 aliphatic carbocycles. The molecule has 8 heteroatoms. The Morgan fingerprint density at radius 3 is 1.07 bits per heavy atom. The van der Waals surface area contributed by atoms with Crippen LogP contribution in [0.25, 0.3) is 0 Å². The second-order valence-corrected chi connectivity index (χ2v) is 1.99. The maximum atomic E-state index is 9.34. The fourth-order valence-corrected chi connectivity index (χ4v) is 0. The molecule has 0 aliphatic heterocycles. The zero-order valence-electron chi connectivity index (χ0n) is 7.98. The molecule has 0 rings (SSSR count). The van der Waals surface area contributed by atoms with E-state index >= 15 is 0 Å². The number of rotatable bonds is 2. The van der Waals surface area contributed by atoms with E-state index < -0.39 is 24.1 Å². The van der Waals surface area contributed by atoms with Crippen LogP contribution in [0, 0.1) is 0 Å². The summed E-state index contributed by atoms with van der Waals surface area (Å²) in [4.78, 5) is 18.7.